The van der Waals surface area contributed by atoms with E-state index in [1.807, 2.05) is 48.5 Å². The Morgan fingerprint density at radius 3 is 1.11 bits per heavy atom. The quantitative estimate of drug-likeness (QED) is 0.0509. The lowest BCUT2D eigenvalue weighted by molar-refractivity contribution is 0.288. The number of fused-ring (bicyclic) bond motifs is 1. The first-order valence-corrected chi connectivity index (χ1v) is 21.4. The molecular weight excluding hydrogens is 709 g/mol. The molecule has 0 saturated carbocycles. The summed E-state index contributed by atoms with van der Waals surface area (Å²) in [4.78, 5) is 0. The molecule has 1 aromatic heterocycles. The van der Waals surface area contributed by atoms with E-state index in [1.165, 1.54) is 62.1 Å². The highest BCUT2D eigenvalue weighted by atomic mass is 16.5. The van der Waals surface area contributed by atoms with Crippen molar-refractivity contribution >= 4 is 10.8 Å². The highest BCUT2D eigenvalue weighted by Crippen LogP contribution is 2.29. The highest BCUT2D eigenvalue weighted by molar-refractivity contribution is 5.85. The fourth-order valence-corrected chi connectivity index (χ4v) is 6.81. The Bertz CT molecular complexity index is 2020. The van der Waals surface area contributed by atoms with Crippen LogP contribution in [0.2, 0.25) is 0 Å². The van der Waals surface area contributed by atoms with E-state index in [0.29, 0.717) is 25.0 Å². The Morgan fingerprint density at radius 2 is 0.667 bits per heavy atom. The van der Waals surface area contributed by atoms with Crippen LogP contribution in [0.4, 0.5) is 0 Å². The molecule has 0 aliphatic heterocycles. The zero-order valence-electron chi connectivity index (χ0n) is 34.1. The van der Waals surface area contributed by atoms with E-state index in [0.717, 1.165) is 97.0 Å². The molecule has 0 aliphatic carbocycles. The van der Waals surface area contributed by atoms with Crippen LogP contribution in [0.3, 0.4) is 0 Å². The summed E-state index contributed by atoms with van der Waals surface area (Å²) in [7, 11) is 0. The van der Waals surface area contributed by atoms with Gasteiger partial charge in [-0.1, -0.05) is 102 Å². The van der Waals surface area contributed by atoms with Gasteiger partial charge in [-0.3, -0.25) is 0 Å². The Hall–Kier alpha value is -5.30. The fraction of sp³-hybridized carbons (Fsp3) is 0.400. The lowest BCUT2D eigenvalue weighted by Crippen LogP contribution is -2.00. The van der Waals surface area contributed by atoms with Crippen molar-refractivity contribution in [1.29, 1.82) is 0 Å². The maximum atomic E-state index is 6.06. The summed E-state index contributed by atoms with van der Waals surface area (Å²) in [5.41, 5.74) is 3.99. The van der Waals surface area contributed by atoms with Gasteiger partial charge in [-0.15, -0.1) is 10.2 Å². The summed E-state index contributed by atoms with van der Waals surface area (Å²) in [6.07, 6.45) is 16.6. The maximum Gasteiger partial charge on any atom is 0.248 e. The van der Waals surface area contributed by atoms with Crippen molar-refractivity contribution < 1.29 is 23.4 Å². The topological polar surface area (TPSA) is 75.8 Å². The molecule has 0 atom stereocenters. The van der Waals surface area contributed by atoms with Gasteiger partial charge in [-0.05, 0) is 133 Å². The van der Waals surface area contributed by atoms with Crippen LogP contribution < -0.4 is 18.9 Å². The summed E-state index contributed by atoms with van der Waals surface area (Å²) < 4.78 is 30.0. The molecule has 0 N–H and O–H groups in total. The van der Waals surface area contributed by atoms with Gasteiger partial charge >= 0.3 is 0 Å². The molecule has 0 aliphatic rings. The average Bonchev–Trinajstić information content (AvgIpc) is 3.75. The number of hydrogen-bond acceptors (Lipinski definition) is 7. The smallest absolute Gasteiger partial charge is 0.248 e. The molecule has 7 heteroatoms. The van der Waals surface area contributed by atoms with E-state index in [4.69, 9.17) is 23.4 Å². The van der Waals surface area contributed by atoms with Crippen molar-refractivity contribution in [1.82, 2.24) is 10.2 Å². The van der Waals surface area contributed by atoms with Crippen LogP contribution in [0, 0.1) is 0 Å². The summed E-state index contributed by atoms with van der Waals surface area (Å²) in [5.74, 6) is 4.57. The van der Waals surface area contributed by atoms with Crippen LogP contribution in [0.5, 0.6) is 23.0 Å². The van der Waals surface area contributed by atoms with Crippen molar-refractivity contribution in [3.63, 3.8) is 0 Å². The third-order valence-corrected chi connectivity index (χ3v) is 10.2. The van der Waals surface area contributed by atoms with Crippen LogP contribution in [-0.4, -0.2) is 36.6 Å². The Kier molecular flexibility index (Phi) is 16.7. The van der Waals surface area contributed by atoms with Crippen molar-refractivity contribution in [2.75, 3.05) is 26.4 Å². The summed E-state index contributed by atoms with van der Waals surface area (Å²) >= 11 is 0. The van der Waals surface area contributed by atoms with E-state index in [1.54, 1.807) is 0 Å². The largest absolute Gasteiger partial charge is 0.494 e. The standard InChI is InChI=1S/C50H60N2O5/c1-3-5-7-9-10-14-33-53-45-27-21-40(22-28-45)39-17-19-41(20-18-39)49-51-52-50(57-49)42-23-29-46(30-24-42)54-34-15-11-12-16-36-56-48-32-26-43-37-47(31-25-44(43)38-48)55-35-13-8-6-4-2/h17-32,37-38H,3-16,33-36H2,1-2H3. The maximum absolute atomic E-state index is 6.06. The first kappa shape index (κ1) is 41.3. The summed E-state index contributed by atoms with van der Waals surface area (Å²) in [5, 5.41) is 11.0. The zero-order chi connectivity index (χ0) is 39.3. The van der Waals surface area contributed by atoms with Gasteiger partial charge in [0.15, 0.2) is 0 Å². The Balaban J connectivity index is 0.852. The van der Waals surface area contributed by atoms with Crippen LogP contribution in [0.15, 0.2) is 114 Å². The first-order valence-electron chi connectivity index (χ1n) is 21.4. The normalized spacial score (nSPS) is 11.2. The van der Waals surface area contributed by atoms with Gasteiger partial charge in [0.25, 0.3) is 0 Å². The lowest BCUT2D eigenvalue weighted by atomic mass is 10.0. The molecule has 300 valence electrons. The van der Waals surface area contributed by atoms with E-state index < -0.39 is 0 Å². The van der Waals surface area contributed by atoms with Crippen LogP contribution >= 0.6 is 0 Å². The Labute approximate surface area is 339 Å². The van der Waals surface area contributed by atoms with E-state index in [2.05, 4.69) is 84.7 Å². The molecule has 1 heterocycles. The third kappa shape index (κ3) is 13.4. The first-order chi connectivity index (χ1) is 28.2. The minimum atomic E-state index is 0.482. The summed E-state index contributed by atoms with van der Waals surface area (Å²) in [6.45, 7) is 7.41. The second-order valence-corrected chi connectivity index (χ2v) is 14.8. The van der Waals surface area contributed by atoms with Gasteiger partial charge in [-0.2, -0.15) is 0 Å². The number of aromatic nitrogens is 2. The second kappa shape index (κ2) is 23.1. The molecule has 5 aromatic carbocycles. The van der Waals surface area contributed by atoms with Gasteiger partial charge in [0.2, 0.25) is 11.8 Å². The number of unbranched alkanes of at least 4 members (excludes halogenated alkanes) is 11. The molecule has 6 rings (SSSR count). The van der Waals surface area contributed by atoms with Gasteiger partial charge in [0.05, 0.1) is 26.4 Å². The zero-order valence-corrected chi connectivity index (χ0v) is 34.1. The molecule has 0 amide bonds. The molecule has 7 nitrogen and oxygen atoms in total. The molecule has 0 saturated heterocycles. The van der Waals surface area contributed by atoms with Crippen molar-refractivity contribution in [3.05, 3.63) is 109 Å². The van der Waals surface area contributed by atoms with Crippen molar-refractivity contribution in [3.8, 4) is 57.0 Å². The minimum absolute atomic E-state index is 0.482. The highest BCUT2D eigenvalue weighted by Gasteiger charge is 2.12. The molecule has 0 bridgehead atoms. The van der Waals surface area contributed by atoms with Crippen molar-refractivity contribution in [2.24, 2.45) is 0 Å². The molecule has 57 heavy (non-hydrogen) atoms. The monoisotopic (exact) mass is 768 g/mol. The van der Waals surface area contributed by atoms with Crippen LogP contribution in [0.25, 0.3) is 44.8 Å². The predicted molar refractivity (Wildman–Crippen MR) is 233 cm³/mol. The van der Waals surface area contributed by atoms with Gasteiger partial charge in [-0.25, -0.2) is 0 Å². The van der Waals surface area contributed by atoms with Crippen LogP contribution in [-0.2, 0) is 0 Å². The molecular formula is C50H60N2O5. The number of nitrogens with zero attached hydrogens (tertiary/aromatic N) is 2. The van der Waals surface area contributed by atoms with E-state index in [9.17, 15) is 0 Å². The number of benzene rings is 5. The minimum Gasteiger partial charge on any atom is -0.494 e. The van der Waals surface area contributed by atoms with Gasteiger partial charge in [0, 0.05) is 11.1 Å². The molecule has 0 fully saturated rings. The molecule has 0 radical (unpaired) electrons. The average molecular weight is 769 g/mol. The van der Waals surface area contributed by atoms with E-state index in [-0.39, 0.29) is 0 Å². The SMILES string of the molecule is CCCCCCCCOc1ccc(-c2ccc(-c3nnc(-c4ccc(OCCCCCCOc5ccc6cc(OCCCCCC)ccc6c5)cc4)o3)cc2)cc1. The molecule has 0 spiro atoms. The number of hydrogen-bond donors (Lipinski definition) is 0. The fourth-order valence-electron chi connectivity index (χ4n) is 6.81. The predicted octanol–water partition coefficient (Wildman–Crippen LogP) is 13.9. The van der Waals surface area contributed by atoms with Crippen LogP contribution in [0.1, 0.15) is 104 Å². The Morgan fingerprint density at radius 1 is 0.351 bits per heavy atom. The molecule has 0 unspecified atom stereocenters. The van der Waals surface area contributed by atoms with Gasteiger partial charge < -0.3 is 23.4 Å². The molecule has 6 aromatic rings. The van der Waals surface area contributed by atoms with E-state index >= 15 is 0 Å². The van der Waals surface area contributed by atoms with Crippen molar-refractivity contribution in [2.45, 2.75) is 104 Å². The number of ether oxygens (including phenoxy) is 4. The lowest BCUT2D eigenvalue weighted by Gasteiger charge is -2.10. The third-order valence-electron chi connectivity index (χ3n) is 10.2. The summed E-state index contributed by atoms with van der Waals surface area (Å²) in [6, 6.07) is 36.9. The number of rotatable bonds is 26. The second-order valence-electron chi connectivity index (χ2n) is 14.8. The van der Waals surface area contributed by atoms with Gasteiger partial charge in [0.1, 0.15) is 23.0 Å².